The summed E-state index contributed by atoms with van der Waals surface area (Å²) < 4.78 is 5.45. The first-order valence-electron chi connectivity index (χ1n) is 4.00. The van der Waals surface area contributed by atoms with Crippen molar-refractivity contribution < 1.29 is 9.84 Å². The van der Waals surface area contributed by atoms with Crippen LogP contribution >= 0.6 is 0 Å². The summed E-state index contributed by atoms with van der Waals surface area (Å²) in [7, 11) is 0. The minimum Gasteiger partial charge on any atom is -0.393 e. The van der Waals surface area contributed by atoms with E-state index >= 15 is 0 Å². The van der Waals surface area contributed by atoms with Gasteiger partial charge in [-0.2, -0.15) is 0 Å². The Morgan fingerprint density at radius 1 is 1.50 bits per heavy atom. The molecule has 1 saturated heterocycles. The number of rotatable bonds is 1. The average molecular weight is 144 g/mol. The van der Waals surface area contributed by atoms with Crippen molar-refractivity contribution in [2.24, 2.45) is 5.92 Å². The standard InChI is InChI=1S/C8H16O2/c1-6(2)8-5-7(9)3-4-10-8/h6-9H,3-5H2,1-2H3. The summed E-state index contributed by atoms with van der Waals surface area (Å²) in [6, 6.07) is 0. The molecular weight excluding hydrogens is 128 g/mol. The lowest BCUT2D eigenvalue weighted by Crippen LogP contribution is -2.32. The highest BCUT2D eigenvalue weighted by atomic mass is 16.5. The van der Waals surface area contributed by atoms with Gasteiger partial charge in [0.25, 0.3) is 0 Å². The van der Waals surface area contributed by atoms with Crippen LogP contribution in [0, 0.1) is 5.92 Å². The Bertz CT molecular complexity index is 101. The Labute approximate surface area is 62.2 Å². The molecule has 0 aromatic heterocycles. The van der Waals surface area contributed by atoms with E-state index in [-0.39, 0.29) is 12.2 Å². The van der Waals surface area contributed by atoms with Gasteiger partial charge in [0, 0.05) is 6.61 Å². The highest BCUT2D eigenvalue weighted by molar-refractivity contribution is 4.72. The number of aliphatic hydroxyl groups is 1. The normalized spacial score (nSPS) is 34.8. The van der Waals surface area contributed by atoms with Crippen LogP contribution in [0.5, 0.6) is 0 Å². The summed E-state index contributed by atoms with van der Waals surface area (Å²) in [4.78, 5) is 0. The molecule has 2 atom stereocenters. The van der Waals surface area contributed by atoms with Gasteiger partial charge in [0.15, 0.2) is 0 Å². The average Bonchev–Trinajstić information content (AvgIpc) is 1.88. The van der Waals surface area contributed by atoms with Gasteiger partial charge in [-0.1, -0.05) is 13.8 Å². The molecule has 0 aliphatic carbocycles. The molecule has 0 aromatic carbocycles. The molecular formula is C8H16O2. The van der Waals surface area contributed by atoms with Crippen molar-refractivity contribution in [1.82, 2.24) is 0 Å². The number of hydrogen-bond donors (Lipinski definition) is 1. The van der Waals surface area contributed by atoms with Crippen molar-refractivity contribution in [1.29, 1.82) is 0 Å². The molecule has 0 bridgehead atoms. The first-order chi connectivity index (χ1) is 4.70. The van der Waals surface area contributed by atoms with Gasteiger partial charge in [-0.25, -0.2) is 0 Å². The van der Waals surface area contributed by atoms with Crippen LogP contribution in [-0.2, 0) is 4.74 Å². The van der Waals surface area contributed by atoms with Crippen molar-refractivity contribution in [3.05, 3.63) is 0 Å². The molecule has 1 heterocycles. The molecule has 2 unspecified atom stereocenters. The van der Waals surface area contributed by atoms with Crippen molar-refractivity contribution in [3.63, 3.8) is 0 Å². The fourth-order valence-corrected chi connectivity index (χ4v) is 1.27. The van der Waals surface area contributed by atoms with E-state index in [0.717, 1.165) is 19.4 Å². The Balaban J connectivity index is 2.32. The Morgan fingerprint density at radius 2 is 2.20 bits per heavy atom. The van der Waals surface area contributed by atoms with Gasteiger partial charge in [-0.15, -0.1) is 0 Å². The number of hydrogen-bond acceptors (Lipinski definition) is 2. The van der Waals surface area contributed by atoms with E-state index in [0.29, 0.717) is 5.92 Å². The maximum atomic E-state index is 9.25. The van der Waals surface area contributed by atoms with Crippen molar-refractivity contribution in [2.45, 2.75) is 38.9 Å². The van der Waals surface area contributed by atoms with Crippen LogP contribution in [0.4, 0.5) is 0 Å². The zero-order valence-electron chi connectivity index (χ0n) is 6.71. The fourth-order valence-electron chi connectivity index (χ4n) is 1.27. The molecule has 0 aromatic rings. The highest BCUT2D eigenvalue weighted by Gasteiger charge is 2.22. The lowest BCUT2D eigenvalue weighted by Gasteiger charge is -2.29. The topological polar surface area (TPSA) is 29.5 Å². The quantitative estimate of drug-likeness (QED) is 0.599. The third kappa shape index (κ3) is 1.96. The second-order valence-electron chi connectivity index (χ2n) is 3.33. The molecule has 1 rings (SSSR count). The van der Waals surface area contributed by atoms with Gasteiger partial charge >= 0.3 is 0 Å². The maximum Gasteiger partial charge on any atom is 0.0622 e. The van der Waals surface area contributed by atoms with Crippen LogP contribution < -0.4 is 0 Å². The molecule has 0 saturated carbocycles. The van der Waals surface area contributed by atoms with Gasteiger partial charge < -0.3 is 9.84 Å². The van der Waals surface area contributed by atoms with E-state index in [4.69, 9.17) is 4.74 Å². The molecule has 1 N–H and O–H groups in total. The summed E-state index contributed by atoms with van der Waals surface area (Å²) in [6.45, 7) is 4.98. The molecule has 1 aliphatic rings. The van der Waals surface area contributed by atoms with E-state index in [1.54, 1.807) is 0 Å². The molecule has 0 amide bonds. The zero-order chi connectivity index (χ0) is 7.56. The maximum absolute atomic E-state index is 9.25. The van der Waals surface area contributed by atoms with Gasteiger partial charge in [0.1, 0.15) is 0 Å². The predicted molar refractivity (Wildman–Crippen MR) is 39.8 cm³/mol. The molecule has 2 nitrogen and oxygen atoms in total. The predicted octanol–water partition coefficient (Wildman–Crippen LogP) is 1.18. The van der Waals surface area contributed by atoms with Crippen molar-refractivity contribution in [2.75, 3.05) is 6.61 Å². The Kier molecular flexibility index (Phi) is 2.69. The van der Waals surface area contributed by atoms with Crippen LogP contribution in [0.2, 0.25) is 0 Å². The lowest BCUT2D eigenvalue weighted by molar-refractivity contribution is -0.0627. The van der Waals surface area contributed by atoms with Crippen molar-refractivity contribution >= 4 is 0 Å². The van der Waals surface area contributed by atoms with E-state index in [1.165, 1.54) is 0 Å². The van der Waals surface area contributed by atoms with Gasteiger partial charge in [-0.05, 0) is 18.8 Å². The van der Waals surface area contributed by atoms with E-state index in [9.17, 15) is 5.11 Å². The fraction of sp³-hybridized carbons (Fsp3) is 1.00. The van der Waals surface area contributed by atoms with Crippen LogP contribution in [-0.4, -0.2) is 23.9 Å². The SMILES string of the molecule is CC(C)C1CC(O)CCO1. The second kappa shape index (κ2) is 3.35. The van der Waals surface area contributed by atoms with E-state index < -0.39 is 0 Å². The lowest BCUT2D eigenvalue weighted by atomic mass is 9.97. The summed E-state index contributed by atoms with van der Waals surface area (Å²) in [6.07, 6.45) is 1.78. The third-order valence-electron chi connectivity index (χ3n) is 2.03. The molecule has 2 heteroatoms. The monoisotopic (exact) mass is 144 g/mol. The smallest absolute Gasteiger partial charge is 0.0622 e. The highest BCUT2D eigenvalue weighted by Crippen LogP contribution is 2.19. The second-order valence-corrected chi connectivity index (χ2v) is 3.33. The third-order valence-corrected chi connectivity index (χ3v) is 2.03. The summed E-state index contributed by atoms with van der Waals surface area (Å²) in [5.41, 5.74) is 0. The molecule has 0 radical (unpaired) electrons. The summed E-state index contributed by atoms with van der Waals surface area (Å²) in [5.74, 6) is 0.537. The molecule has 0 spiro atoms. The minimum atomic E-state index is -0.124. The van der Waals surface area contributed by atoms with E-state index in [2.05, 4.69) is 13.8 Å². The van der Waals surface area contributed by atoms with E-state index in [1.807, 2.05) is 0 Å². The number of aliphatic hydroxyl groups excluding tert-OH is 1. The van der Waals surface area contributed by atoms with Crippen LogP contribution in [0.3, 0.4) is 0 Å². The van der Waals surface area contributed by atoms with Crippen LogP contribution in [0.15, 0.2) is 0 Å². The molecule has 1 aliphatic heterocycles. The van der Waals surface area contributed by atoms with Gasteiger partial charge in [0.2, 0.25) is 0 Å². The first kappa shape index (κ1) is 8.02. The van der Waals surface area contributed by atoms with Crippen molar-refractivity contribution in [3.8, 4) is 0 Å². The number of ether oxygens (including phenoxy) is 1. The summed E-state index contributed by atoms with van der Waals surface area (Å²) >= 11 is 0. The van der Waals surface area contributed by atoms with Crippen LogP contribution in [0.1, 0.15) is 26.7 Å². The zero-order valence-corrected chi connectivity index (χ0v) is 6.71. The minimum absolute atomic E-state index is 0.124. The first-order valence-corrected chi connectivity index (χ1v) is 4.00. The Hall–Kier alpha value is -0.0800. The Morgan fingerprint density at radius 3 is 2.60 bits per heavy atom. The largest absolute Gasteiger partial charge is 0.393 e. The van der Waals surface area contributed by atoms with Gasteiger partial charge in [-0.3, -0.25) is 0 Å². The molecule has 1 fully saturated rings. The molecule has 60 valence electrons. The summed E-state index contributed by atoms with van der Waals surface area (Å²) in [5, 5.41) is 9.25. The van der Waals surface area contributed by atoms with Crippen LogP contribution in [0.25, 0.3) is 0 Å². The molecule has 10 heavy (non-hydrogen) atoms. The van der Waals surface area contributed by atoms with Gasteiger partial charge in [0.05, 0.1) is 12.2 Å².